The van der Waals surface area contributed by atoms with Gasteiger partial charge in [-0.2, -0.15) is 5.10 Å². The molecule has 0 radical (unpaired) electrons. The van der Waals surface area contributed by atoms with Crippen molar-refractivity contribution in [2.75, 3.05) is 11.6 Å². The second-order valence-corrected chi connectivity index (χ2v) is 4.97. The molecule has 1 aliphatic heterocycles. The van der Waals surface area contributed by atoms with Crippen LogP contribution < -0.4 is 5.01 Å². The minimum Gasteiger partial charge on any atom is -0.480 e. The number of ether oxygens (including phenoxy) is 1. The number of halogens is 1. The summed E-state index contributed by atoms with van der Waals surface area (Å²) in [5.74, 6) is -1.93. The SMILES string of the molecule is CCOC(=O)C1=NN(c2ccc(Cl)c([N+](=O)[O-])c2)[C@@H](C(=O)O)C1. The van der Waals surface area contributed by atoms with E-state index in [1.165, 1.54) is 12.1 Å². The predicted molar refractivity (Wildman–Crippen MR) is 80.7 cm³/mol. The third-order valence-corrected chi connectivity index (χ3v) is 3.42. The van der Waals surface area contributed by atoms with Gasteiger partial charge in [-0.05, 0) is 19.1 Å². The van der Waals surface area contributed by atoms with Crippen LogP contribution in [0.15, 0.2) is 23.3 Å². The molecular weight excluding hydrogens is 330 g/mol. The summed E-state index contributed by atoms with van der Waals surface area (Å²) >= 11 is 5.73. The highest BCUT2D eigenvalue weighted by atomic mass is 35.5. The summed E-state index contributed by atoms with van der Waals surface area (Å²) in [6, 6.07) is 2.61. The van der Waals surface area contributed by atoms with Gasteiger partial charge in [0, 0.05) is 12.5 Å². The summed E-state index contributed by atoms with van der Waals surface area (Å²) in [5.41, 5.74) is -0.294. The average Bonchev–Trinajstić information content (AvgIpc) is 2.93. The Balaban J connectivity index is 2.41. The van der Waals surface area contributed by atoms with Gasteiger partial charge in [-0.3, -0.25) is 15.1 Å². The molecule has 2 rings (SSSR count). The summed E-state index contributed by atoms with van der Waals surface area (Å²) in [4.78, 5) is 33.3. The van der Waals surface area contributed by atoms with Gasteiger partial charge in [0.2, 0.25) is 0 Å². The second-order valence-electron chi connectivity index (χ2n) is 4.56. The molecule has 0 bridgehead atoms. The number of carbonyl (C=O) groups excluding carboxylic acids is 1. The molecule has 0 saturated carbocycles. The number of rotatable bonds is 5. The first-order chi connectivity index (χ1) is 10.8. The van der Waals surface area contributed by atoms with Gasteiger partial charge in [-0.1, -0.05) is 11.6 Å². The number of nitro benzene ring substituents is 1. The molecule has 1 heterocycles. The lowest BCUT2D eigenvalue weighted by Crippen LogP contribution is -2.34. The van der Waals surface area contributed by atoms with E-state index in [1.54, 1.807) is 6.92 Å². The normalized spacial score (nSPS) is 16.9. The van der Waals surface area contributed by atoms with Crippen molar-refractivity contribution in [1.29, 1.82) is 0 Å². The van der Waals surface area contributed by atoms with Crippen LogP contribution in [-0.2, 0) is 14.3 Å². The van der Waals surface area contributed by atoms with Crippen molar-refractivity contribution >= 4 is 40.6 Å². The number of benzene rings is 1. The lowest BCUT2D eigenvalue weighted by molar-refractivity contribution is -0.384. The van der Waals surface area contributed by atoms with Gasteiger partial charge in [0.1, 0.15) is 10.7 Å². The Bertz CT molecular complexity index is 705. The molecule has 0 fully saturated rings. The molecule has 0 saturated heterocycles. The molecule has 1 N–H and O–H groups in total. The van der Waals surface area contributed by atoms with Gasteiger partial charge in [0.15, 0.2) is 6.04 Å². The van der Waals surface area contributed by atoms with Crippen LogP contribution in [0.2, 0.25) is 5.02 Å². The minimum absolute atomic E-state index is 0.0585. The van der Waals surface area contributed by atoms with E-state index in [-0.39, 0.29) is 35.1 Å². The molecule has 1 aliphatic rings. The van der Waals surface area contributed by atoms with Gasteiger partial charge in [-0.15, -0.1) is 0 Å². The highest BCUT2D eigenvalue weighted by Crippen LogP contribution is 2.32. The third-order valence-electron chi connectivity index (χ3n) is 3.10. The highest BCUT2D eigenvalue weighted by Gasteiger charge is 2.37. The van der Waals surface area contributed by atoms with E-state index in [1.807, 2.05) is 0 Å². The Morgan fingerprint density at radius 2 is 2.26 bits per heavy atom. The van der Waals surface area contributed by atoms with Crippen LogP contribution >= 0.6 is 11.6 Å². The fourth-order valence-corrected chi connectivity index (χ4v) is 2.25. The van der Waals surface area contributed by atoms with Gasteiger partial charge in [0.25, 0.3) is 5.69 Å². The first-order valence-electron chi connectivity index (χ1n) is 6.55. The fraction of sp³-hybridized carbons (Fsp3) is 0.308. The number of anilines is 1. The Labute approximate surface area is 135 Å². The van der Waals surface area contributed by atoms with Crippen molar-refractivity contribution in [3.05, 3.63) is 33.3 Å². The zero-order chi connectivity index (χ0) is 17.1. The number of nitrogens with zero attached hydrogens (tertiary/aromatic N) is 3. The number of hydrogen-bond acceptors (Lipinski definition) is 7. The van der Waals surface area contributed by atoms with E-state index < -0.39 is 22.9 Å². The number of carbonyl (C=O) groups is 2. The number of carboxylic acid groups (broad SMARTS) is 1. The van der Waals surface area contributed by atoms with E-state index >= 15 is 0 Å². The lowest BCUT2D eigenvalue weighted by Gasteiger charge is -2.19. The van der Waals surface area contributed by atoms with E-state index in [0.29, 0.717) is 0 Å². The first kappa shape index (κ1) is 16.7. The van der Waals surface area contributed by atoms with Crippen LogP contribution in [0.25, 0.3) is 0 Å². The molecular formula is C13H12ClN3O6. The van der Waals surface area contributed by atoms with Crippen LogP contribution in [0.5, 0.6) is 0 Å². The number of carboxylic acids is 1. The number of hydrogen-bond donors (Lipinski definition) is 1. The van der Waals surface area contributed by atoms with Gasteiger partial charge < -0.3 is 9.84 Å². The van der Waals surface area contributed by atoms with Crippen molar-refractivity contribution in [2.45, 2.75) is 19.4 Å². The molecule has 23 heavy (non-hydrogen) atoms. The van der Waals surface area contributed by atoms with Gasteiger partial charge >= 0.3 is 11.9 Å². The van der Waals surface area contributed by atoms with Crippen molar-refractivity contribution in [1.82, 2.24) is 0 Å². The largest absolute Gasteiger partial charge is 0.480 e. The molecule has 122 valence electrons. The second kappa shape index (κ2) is 6.61. The number of esters is 1. The van der Waals surface area contributed by atoms with Crippen molar-refractivity contribution in [2.24, 2.45) is 5.10 Å². The van der Waals surface area contributed by atoms with E-state index in [4.69, 9.17) is 16.3 Å². The van der Waals surface area contributed by atoms with E-state index in [2.05, 4.69) is 5.10 Å². The first-order valence-corrected chi connectivity index (χ1v) is 6.93. The molecule has 1 atom stereocenters. The maximum atomic E-state index is 11.7. The summed E-state index contributed by atoms with van der Waals surface area (Å²) < 4.78 is 4.80. The number of nitro groups is 1. The summed E-state index contributed by atoms with van der Waals surface area (Å²) in [6.07, 6.45) is -0.162. The fourth-order valence-electron chi connectivity index (χ4n) is 2.06. The molecule has 9 nitrogen and oxygen atoms in total. The monoisotopic (exact) mass is 341 g/mol. The van der Waals surface area contributed by atoms with E-state index in [9.17, 15) is 24.8 Å². The van der Waals surface area contributed by atoms with Gasteiger partial charge in [-0.25, -0.2) is 9.59 Å². The molecule has 1 aromatic rings. The Kier molecular flexibility index (Phi) is 4.80. The van der Waals surface area contributed by atoms with Crippen LogP contribution in [0.4, 0.5) is 11.4 Å². The molecule has 0 unspecified atom stereocenters. The Morgan fingerprint density at radius 1 is 1.57 bits per heavy atom. The zero-order valence-corrected chi connectivity index (χ0v) is 12.7. The van der Waals surface area contributed by atoms with Crippen LogP contribution in [-0.4, -0.2) is 40.3 Å². The molecule has 10 heteroatoms. The predicted octanol–water partition coefficient (Wildman–Crippen LogP) is 1.83. The van der Waals surface area contributed by atoms with Crippen molar-refractivity contribution in [3.63, 3.8) is 0 Å². The van der Waals surface area contributed by atoms with Crippen molar-refractivity contribution < 1.29 is 24.4 Å². The zero-order valence-electron chi connectivity index (χ0n) is 11.9. The average molecular weight is 342 g/mol. The number of aliphatic carboxylic acids is 1. The van der Waals surface area contributed by atoms with E-state index in [0.717, 1.165) is 11.1 Å². The van der Waals surface area contributed by atoms with Crippen molar-refractivity contribution in [3.8, 4) is 0 Å². The topological polar surface area (TPSA) is 122 Å². The summed E-state index contributed by atoms with van der Waals surface area (Å²) in [6.45, 7) is 1.74. The number of hydrazone groups is 1. The summed E-state index contributed by atoms with van der Waals surface area (Å²) in [7, 11) is 0. The smallest absolute Gasteiger partial charge is 0.354 e. The highest BCUT2D eigenvalue weighted by molar-refractivity contribution is 6.38. The van der Waals surface area contributed by atoms with Gasteiger partial charge in [0.05, 0.1) is 17.2 Å². The minimum atomic E-state index is -1.22. The Morgan fingerprint density at radius 3 is 2.83 bits per heavy atom. The molecule has 0 aliphatic carbocycles. The maximum absolute atomic E-state index is 11.7. The lowest BCUT2D eigenvalue weighted by atomic mass is 10.1. The molecule has 0 spiro atoms. The molecule has 0 aromatic heterocycles. The maximum Gasteiger partial charge on any atom is 0.354 e. The third kappa shape index (κ3) is 3.39. The van der Waals surface area contributed by atoms with Crippen LogP contribution in [0.3, 0.4) is 0 Å². The standard InChI is InChI=1S/C13H12ClN3O6/c1-2-23-13(20)9-6-11(12(18)19)16(15-9)7-3-4-8(14)10(5-7)17(21)22/h3-5,11H,2,6H2,1H3,(H,18,19)/t11-/m1/s1. The Hall–Kier alpha value is -2.68. The quantitative estimate of drug-likeness (QED) is 0.492. The summed E-state index contributed by atoms with van der Waals surface area (Å²) in [5, 5.41) is 25.1. The molecule has 1 aromatic carbocycles. The van der Waals surface area contributed by atoms with Crippen LogP contribution in [0, 0.1) is 10.1 Å². The van der Waals surface area contributed by atoms with Crippen LogP contribution in [0.1, 0.15) is 13.3 Å². The molecule has 0 amide bonds.